The van der Waals surface area contributed by atoms with Crippen molar-refractivity contribution < 1.29 is 18.7 Å². The highest BCUT2D eigenvalue weighted by molar-refractivity contribution is 5.85. The smallest absolute Gasteiger partial charge is 0.340 e. The monoisotopic (exact) mass is 398 g/mol. The maximum Gasteiger partial charge on any atom is 0.340 e. The molecule has 0 spiro atoms. The third-order valence-corrected chi connectivity index (χ3v) is 5.32. The Morgan fingerprint density at radius 2 is 2.00 bits per heavy atom. The Bertz CT molecular complexity index is 1020. The first-order chi connectivity index (χ1) is 13.8. The van der Waals surface area contributed by atoms with Crippen molar-refractivity contribution in [1.82, 2.24) is 4.90 Å². The van der Waals surface area contributed by atoms with Gasteiger partial charge in [0.2, 0.25) is 11.8 Å². The SMILES string of the molecule is C=C(C)COc1ccc2c(C)c(CC(=O)N3CCC(C(N)=O)CC3)c(=O)oc2c1. The molecule has 0 atom stereocenters. The molecule has 3 rings (SSSR count). The second kappa shape index (κ2) is 8.51. The molecule has 1 aliphatic heterocycles. The highest BCUT2D eigenvalue weighted by Crippen LogP contribution is 2.25. The molecule has 1 aliphatic rings. The minimum Gasteiger partial charge on any atom is -0.489 e. The van der Waals surface area contributed by atoms with E-state index in [1.165, 1.54) is 0 Å². The molecule has 2 N–H and O–H groups in total. The number of carbonyl (C=O) groups is 2. The summed E-state index contributed by atoms with van der Waals surface area (Å²) in [5.41, 5.74) is 7.21. The summed E-state index contributed by atoms with van der Waals surface area (Å²) in [6.07, 6.45) is 1.08. The van der Waals surface area contributed by atoms with E-state index < -0.39 is 5.63 Å². The average molecular weight is 398 g/mol. The quantitative estimate of drug-likeness (QED) is 0.594. The van der Waals surface area contributed by atoms with Crippen molar-refractivity contribution in [3.05, 3.63) is 51.9 Å². The standard InChI is InChI=1S/C22H26N2O5/c1-13(2)12-28-16-4-5-17-14(3)18(22(27)29-19(17)10-16)11-20(25)24-8-6-15(7-9-24)21(23)26/h4-5,10,15H,1,6-9,11-12H2,2-3H3,(H2,23,26). The molecule has 0 radical (unpaired) electrons. The molecule has 0 bridgehead atoms. The number of rotatable bonds is 6. The molecule has 29 heavy (non-hydrogen) atoms. The van der Waals surface area contributed by atoms with E-state index in [-0.39, 0.29) is 24.2 Å². The number of fused-ring (bicyclic) bond motifs is 1. The van der Waals surface area contributed by atoms with Crippen LogP contribution < -0.4 is 16.1 Å². The molecule has 1 fully saturated rings. The van der Waals surface area contributed by atoms with Crippen LogP contribution in [-0.4, -0.2) is 36.4 Å². The molecule has 1 saturated heterocycles. The number of hydrogen-bond acceptors (Lipinski definition) is 5. The number of primary amides is 1. The van der Waals surface area contributed by atoms with E-state index in [0.717, 1.165) is 16.5 Å². The van der Waals surface area contributed by atoms with Crippen LogP contribution in [0, 0.1) is 12.8 Å². The number of hydrogen-bond donors (Lipinski definition) is 1. The number of nitrogens with two attached hydrogens (primary N) is 1. The van der Waals surface area contributed by atoms with Crippen LogP contribution in [0.25, 0.3) is 11.0 Å². The lowest BCUT2D eigenvalue weighted by Gasteiger charge is -2.30. The maximum absolute atomic E-state index is 12.7. The predicted molar refractivity (Wildman–Crippen MR) is 110 cm³/mol. The van der Waals surface area contributed by atoms with Gasteiger partial charge in [0.1, 0.15) is 17.9 Å². The lowest BCUT2D eigenvalue weighted by Crippen LogP contribution is -2.42. The minimum absolute atomic E-state index is 0.0285. The van der Waals surface area contributed by atoms with Crippen molar-refractivity contribution in [2.24, 2.45) is 11.7 Å². The predicted octanol–water partition coefficient (Wildman–Crippen LogP) is 2.32. The molecule has 2 heterocycles. The third kappa shape index (κ3) is 4.67. The van der Waals surface area contributed by atoms with Crippen LogP contribution in [0.15, 0.2) is 39.6 Å². The van der Waals surface area contributed by atoms with Gasteiger partial charge in [0.15, 0.2) is 0 Å². The number of likely N-dealkylation sites (tertiary alicyclic amines) is 1. The van der Waals surface area contributed by atoms with Gasteiger partial charge in [0, 0.05) is 30.5 Å². The minimum atomic E-state index is -0.521. The first-order valence-corrected chi connectivity index (χ1v) is 9.67. The number of ether oxygens (including phenoxy) is 1. The number of piperidine rings is 1. The van der Waals surface area contributed by atoms with Gasteiger partial charge < -0.3 is 19.8 Å². The second-order valence-corrected chi connectivity index (χ2v) is 7.63. The van der Waals surface area contributed by atoms with Gasteiger partial charge in [-0.05, 0) is 50.0 Å². The average Bonchev–Trinajstić information content (AvgIpc) is 2.69. The molecule has 1 aromatic heterocycles. The first-order valence-electron chi connectivity index (χ1n) is 9.67. The van der Waals surface area contributed by atoms with Crippen LogP contribution in [0.3, 0.4) is 0 Å². The zero-order valence-electron chi connectivity index (χ0n) is 16.8. The molecule has 7 nitrogen and oxygen atoms in total. The Morgan fingerprint density at radius 3 is 2.62 bits per heavy atom. The number of aryl methyl sites for hydroxylation is 1. The molecule has 2 amide bonds. The van der Waals surface area contributed by atoms with Crippen molar-refractivity contribution in [3.8, 4) is 5.75 Å². The van der Waals surface area contributed by atoms with E-state index in [1.54, 1.807) is 17.0 Å². The Kier molecular flexibility index (Phi) is 6.06. The molecule has 1 aromatic carbocycles. The summed E-state index contributed by atoms with van der Waals surface area (Å²) in [6, 6.07) is 5.30. The highest BCUT2D eigenvalue weighted by Gasteiger charge is 2.27. The van der Waals surface area contributed by atoms with E-state index in [9.17, 15) is 14.4 Å². The van der Waals surface area contributed by atoms with Crippen molar-refractivity contribution >= 4 is 22.8 Å². The number of benzene rings is 1. The summed E-state index contributed by atoms with van der Waals surface area (Å²) in [4.78, 5) is 38.2. The molecule has 0 aliphatic carbocycles. The van der Waals surface area contributed by atoms with Crippen LogP contribution in [0.2, 0.25) is 0 Å². The van der Waals surface area contributed by atoms with Crippen LogP contribution >= 0.6 is 0 Å². The number of carbonyl (C=O) groups excluding carboxylic acids is 2. The summed E-state index contributed by atoms with van der Waals surface area (Å²) in [5, 5.41) is 0.766. The fourth-order valence-corrected chi connectivity index (χ4v) is 3.55. The van der Waals surface area contributed by atoms with E-state index in [2.05, 4.69) is 6.58 Å². The molecule has 7 heteroatoms. The van der Waals surface area contributed by atoms with Crippen molar-refractivity contribution in [1.29, 1.82) is 0 Å². The van der Waals surface area contributed by atoms with Gasteiger partial charge in [-0.25, -0.2) is 4.79 Å². The largest absolute Gasteiger partial charge is 0.489 e. The van der Waals surface area contributed by atoms with Gasteiger partial charge in [-0.1, -0.05) is 6.58 Å². The van der Waals surface area contributed by atoms with Crippen molar-refractivity contribution in [2.75, 3.05) is 19.7 Å². The van der Waals surface area contributed by atoms with Crippen LogP contribution in [0.1, 0.15) is 30.9 Å². The summed E-state index contributed by atoms with van der Waals surface area (Å²) in [5.74, 6) is -0.0733. The van der Waals surface area contributed by atoms with E-state index in [4.69, 9.17) is 14.9 Å². The highest BCUT2D eigenvalue weighted by atomic mass is 16.5. The van der Waals surface area contributed by atoms with Gasteiger partial charge in [-0.2, -0.15) is 0 Å². The fraction of sp³-hybridized carbons (Fsp3) is 0.409. The summed E-state index contributed by atoms with van der Waals surface area (Å²) < 4.78 is 11.1. The van der Waals surface area contributed by atoms with Gasteiger partial charge in [0.05, 0.1) is 12.0 Å². The maximum atomic E-state index is 12.7. The van der Waals surface area contributed by atoms with E-state index in [0.29, 0.717) is 49.4 Å². The zero-order chi connectivity index (χ0) is 21.1. The molecule has 0 saturated carbocycles. The summed E-state index contributed by atoms with van der Waals surface area (Å²) in [7, 11) is 0. The van der Waals surface area contributed by atoms with Crippen LogP contribution in [0.4, 0.5) is 0 Å². The number of amides is 2. The molecule has 0 unspecified atom stereocenters. The van der Waals surface area contributed by atoms with E-state index >= 15 is 0 Å². The second-order valence-electron chi connectivity index (χ2n) is 7.63. The molecule has 154 valence electrons. The zero-order valence-corrected chi connectivity index (χ0v) is 16.8. The van der Waals surface area contributed by atoms with Gasteiger partial charge in [-0.15, -0.1) is 0 Å². The van der Waals surface area contributed by atoms with Gasteiger partial charge >= 0.3 is 5.63 Å². The van der Waals surface area contributed by atoms with Gasteiger partial charge in [0.25, 0.3) is 0 Å². The topological polar surface area (TPSA) is 103 Å². The lowest BCUT2D eigenvalue weighted by atomic mass is 9.95. The summed E-state index contributed by atoms with van der Waals surface area (Å²) >= 11 is 0. The van der Waals surface area contributed by atoms with Crippen LogP contribution in [-0.2, 0) is 16.0 Å². The number of nitrogens with zero attached hydrogens (tertiary/aromatic N) is 1. The first kappa shape index (κ1) is 20.6. The fourth-order valence-electron chi connectivity index (χ4n) is 3.55. The van der Waals surface area contributed by atoms with E-state index in [1.807, 2.05) is 19.9 Å². The third-order valence-electron chi connectivity index (χ3n) is 5.32. The Morgan fingerprint density at radius 1 is 1.31 bits per heavy atom. The van der Waals surface area contributed by atoms with Crippen LogP contribution in [0.5, 0.6) is 5.75 Å². The normalized spacial score (nSPS) is 14.8. The van der Waals surface area contributed by atoms with Gasteiger partial charge in [-0.3, -0.25) is 9.59 Å². The molecular formula is C22H26N2O5. The Hall–Kier alpha value is -3.09. The molecule has 2 aromatic rings. The Labute approximate surface area is 169 Å². The summed E-state index contributed by atoms with van der Waals surface area (Å²) in [6.45, 7) is 8.79. The molecular weight excluding hydrogens is 372 g/mol. The Balaban J connectivity index is 1.78. The van der Waals surface area contributed by atoms with Crippen molar-refractivity contribution in [2.45, 2.75) is 33.1 Å². The lowest BCUT2D eigenvalue weighted by molar-refractivity contribution is -0.134. The van der Waals surface area contributed by atoms with Crippen molar-refractivity contribution in [3.63, 3.8) is 0 Å².